The average Bonchev–Trinajstić information content (AvgIpc) is 3.07. The monoisotopic (exact) mass is 248 g/mol. The van der Waals surface area contributed by atoms with Crippen LogP contribution in [-0.2, 0) is 7.05 Å². The normalized spacial score (nSPS) is 15.2. The molecule has 3 rings (SSSR count). The molecule has 0 spiro atoms. The summed E-state index contributed by atoms with van der Waals surface area (Å²) in [5, 5.41) is 4.99. The number of benzene rings is 1. The number of nitrogens with two attached hydrogens (primary N) is 1. The van der Waals surface area contributed by atoms with Crippen LogP contribution in [-0.4, -0.2) is 14.8 Å². The Morgan fingerprint density at radius 3 is 2.82 bits per heavy atom. The van der Waals surface area contributed by atoms with Gasteiger partial charge in [-0.3, -0.25) is 0 Å². The van der Waals surface area contributed by atoms with Crippen molar-refractivity contribution in [2.24, 2.45) is 7.05 Å². The summed E-state index contributed by atoms with van der Waals surface area (Å²) >= 11 is 6.02. The van der Waals surface area contributed by atoms with Gasteiger partial charge in [0.15, 0.2) is 11.6 Å². The number of hydrogen-bond acceptors (Lipinski definition) is 3. The molecule has 2 aromatic rings. The lowest BCUT2D eigenvalue weighted by atomic mass is 10.2. The fraction of sp³-hybridized carbons (Fsp3) is 0.333. The largest absolute Gasteiger partial charge is 0.398 e. The van der Waals surface area contributed by atoms with Gasteiger partial charge in [0.25, 0.3) is 0 Å². The van der Waals surface area contributed by atoms with E-state index in [9.17, 15) is 0 Å². The molecule has 5 heteroatoms. The van der Waals surface area contributed by atoms with Crippen molar-refractivity contribution >= 4 is 17.3 Å². The van der Waals surface area contributed by atoms with E-state index in [0.717, 1.165) is 17.2 Å². The summed E-state index contributed by atoms with van der Waals surface area (Å²) in [4.78, 5) is 4.57. The van der Waals surface area contributed by atoms with Gasteiger partial charge in [0.1, 0.15) is 0 Å². The number of hydrogen-bond donors (Lipinski definition) is 1. The fourth-order valence-corrected chi connectivity index (χ4v) is 2.02. The lowest BCUT2D eigenvalue weighted by molar-refractivity contribution is 0.750. The zero-order valence-corrected chi connectivity index (χ0v) is 10.3. The molecule has 0 radical (unpaired) electrons. The number of anilines is 1. The molecule has 0 unspecified atom stereocenters. The molecular weight excluding hydrogens is 236 g/mol. The first-order chi connectivity index (χ1) is 8.15. The van der Waals surface area contributed by atoms with Gasteiger partial charge in [-0.2, -0.15) is 5.10 Å². The van der Waals surface area contributed by atoms with Gasteiger partial charge in [-0.05, 0) is 31.0 Å². The van der Waals surface area contributed by atoms with E-state index in [1.54, 1.807) is 10.7 Å². The van der Waals surface area contributed by atoms with Crippen LogP contribution in [0.4, 0.5) is 5.69 Å². The van der Waals surface area contributed by atoms with E-state index in [4.69, 9.17) is 17.3 Å². The van der Waals surface area contributed by atoms with Crippen LogP contribution in [0.5, 0.6) is 0 Å². The van der Waals surface area contributed by atoms with E-state index in [0.29, 0.717) is 16.6 Å². The molecule has 1 aromatic carbocycles. The highest BCUT2D eigenvalue weighted by molar-refractivity contribution is 6.33. The summed E-state index contributed by atoms with van der Waals surface area (Å²) in [5.74, 6) is 2.34. The minimum Gasteiger partial charge on any atom is -0.398 e. The van der Waals surface area contributed by atoms with Gasteiger partial charge in [0.2, 0.25) is 0 Å². The fourth-order valence-electron chi connectivity index (χ4n) is 1.84. The Labute approximate surface area is 104 Å². The van der Waals surface area contributed by atoms with Crippen LogP contribution in [0.2, 0.25) is 5.02 Å². The second-order valence-corrected chi connectivity index (χ2v) is 4.83. The molecule has 1 aliphatic carbocycles. The maximum absolute atomic E-state index is 6.02. The third kappa shape index (κ3) is 1.89. The number of aryl methyl sites for hydroxylation is 1. The standard InChI is InChI=1S/C12H13ClN4/c1-17-12(15-11(16-17)7-2-3-7)8-4-5-10(14)9(13)6-8/h4-7H,2-3,14H2,1H3. The van der Waals surface area contributed by atoms with Gasteiger partial charge >= 0.3 is 0 Å². The molecule has 0 bridgehead atoms. The summed E-state index contributed by atoms with van der Waals surface area (Å²) in [7, 11) is 1.90. The SMILES string of the molecule is Cn1nc(C2CC2)nc1-c1ccc(N)c(Cl)c1. The van der Waals surface area contributed by atoms with Crippen molar-refractivity contribution in [1.82, 2.24) is 14.8 Å². The lowest BCUT2D eigenvalue weighted by Crippen LogP contribution is -1.95. The topological polar surface area (TPSA) is 56.7 Å². The van der Waals surface area contributed by atoms with Crippen molar-refractivity contribution in [3.63, 3.8) is 0 Å². The van der Waals surface area contributed by atoms with Gasteiger partial charge in [0, 0.05) is 18.5 Å². The summed E-state index contributed by atoms with van der Waals surface area (Å²) in [5.41, 5.74) is 7.23. The summed E-state index contributed by atoms with van der Waals surface area (Å²) in [6.45, 7) is 0. The molecule has 0 atom stereocenters. The summed E-state index contributed by atoms with van der Waals surface area (Å²) in [6, 6.07) is 5.54. The van der Waals surface area contributed by atoms with Crippen molar-refractivity contribution in [3.05, 3.63) is 29.0 Å². The smallest absolute Gasteiger partial charge is 0.158 e. The maximum Gasteiger partial charge on any atom is 0.158 e. The zero-order valence-electron chi connectivity index (χ0n) is 9.52. The quantitative estimate of drug-likeness (QED) is 0.831. The second kappa shape index (κ2) is 3.74. The Morgan fingerprint density at radius 1 is 1.41 bits per heavy atom. The molecule has 2 N–H and O–H groups in total. The second-order valence-electron chi connectivity index (χ2n) is 4.43. The molecule has 1 fully saturated rings. The number of aromatic nitrogens is 3. The highest BCUT2D eigenvalue weighted by Crippen LogP contribution is 2.39. The molecular formula is C12H13ClN4. The van der Waals surface area contributed by atoms with Crippen molar-refractivity contribution < 1.29 is 0 Å². The molecule has 0 amide bonds. The van der Waals surface area contributed by atoms with Crippen molar-refractivity contribution in [2.45, 2.75) is 18.8 Å². The third-order valence-electron chi connectivity index (χ3n) is 2.98. The Balaban J connectivity index is 2.04. The van der Waals surface area contributed by atoms with Crippen LogP contribution >= 0.6 is 11.6 Å². The third-order valence-corrected chi connectivity index (χ3v) is 3.31. The van der Waals surface area contributed by atoms with E-state index in [-0.39, 0.29) is 0 Å². The number of halogens is 1. The molecule has 88 valence electrons. The van der Waals surface area contributed by atoms with Crippen LogP contribution < -0.4 is 5.73 Å². The van der Waals surface area contributed by atoms with Crippen molar-refractivity contribution in [3.8, 4) is 11.4 Å². The van der Waals surface area contributed by atoms with Crippen LogP contribution in [0.3, 0.4) is 0 Å². The Hall–Kier alpha value is -1.55. The highest BCUT2D eigenvalue weighted by atomic mass is 35.5. The van der Waals surface area contributed by atoms with E-state index in [2.05, 4.69) is 10.1 Å². The number of nitrogen functional groups attached to an aromatic ring is 1. The predicted octanol–water partition coefficient (Wildman–Crippen LogP) is 2.60. The molecule has 0 saturated heterocycles. The minimum atomic E-state index is 0.554. The van der Waals surface area contributed by atoms with Crippen LogP contribution in [0, 0.1) is 0 Å². The lowest BCUT2D eigenvalue weighted by Gasteiger charge is -2.02. The van der Waals surface area contributed by atoms with Crippen molar-refractivity contribution in [2.75, 3.05) is 5.73 Å². The molecule has 1 aromatic heterocycles. The van der Waals surface area contributed by atoms with Crippen molar-refractivity contribution in [1.29, 1.82) is 0 Å². The first kappa shape index (κ1) is 10.6. The maximum atomic E-state index is 6.02. The van der Waals surface area contributed by atoms with Gasteiger partial charge < -0.3 is 5.73 Å². The molecule has 1 heterocycles. The summed E-state index contributed by atoms with van der Waals surface area (Å²) < 4.78 is 1.80. The summed E-state index contributed by atoms with van der Waals surface area (Å²) in [6.07, 6.45) is 2.40. The van der Waals surface area contributed by atoms with E-state index in [1.165, 1.54) is 12.8 Å². The number of nitrogens with zero attached hydrogens (tertiary/aromatic N) is 3. The van der Waals surface area contributed by atoms with Crippen LogP contribution in [0.1, 0.15) is 24.6 Å². The first-order valence-electron chi connectivity index (χ1n) is 5.61. The highest BCUT2D eigenvalue weighted by Gasteiger charge is 2.28. The predicted molar refractivity (Wildman–Crippen MR) is 67.8 cm³/mol. The van der Waals surface area contributed by atoms with Crippen LogP contribution in [0.25, 0.3) is 11.4 Å². The van der Waals surface area contributed by atoms with E-state index in [1.807, 2.05) is 19.2 Å². The van der Waals surface area contributed by atoms with Crippen LogP contribution in [0.15, 0.2) is 18.2 Å². The molecule has 1 aliphatic rings. The Bertz CT molecular complexity index is 572. The van der Waals surface area contributed by atoms with E-state index < -0.39 is 0 Å². The van der Waals surface area contributed by atoms with Gasteiger partial charge in [-0.25, -0.2) is 9.67 Å². The van der Waals surface area contributed by atoms with Gasteiger partial charge in [-0.1, -0.05) is 11.6 Å². The molecule has 17 heavy (non-hydrogen) atoms. The Morgan fingerprint density at radius 2 is 2.18 bits per heavy atom. The first-order valence-corrected chi connectivity index (χ1v) is 5.99. The molecule has 1 saturated carbocycles. The Kier molecular flexibility index (Phi) is 2.33. The molecule has 4 nitrogen and oxygen atoms in total. The average molecular weight is 249 g/mol. The van der Waals surface area contributed by atoms with E-state index >= 15 is 0 Å². The van der Waals surface area contributed by atoms with Gasteiger partial charge in [0.05, 0.1) is 10.7 Å². The number of rotatable bonds is 2. The van der Waals surface area contributed by atoms with Gasteiger partial charge in [-0.15, -0.1) is 0 Å². The minimum absolute atomic E-state index is 0.554. The zero-order chi connectivity index (χ0) is 12.0. The molecule has 0 aliphatic heterocycles.